The van der Waals surface area contributed by atoms with Crippen LogP contribution < -0.4 is 4.74 Å². The summed E-state index contributed by atoms with van der Waals surface area (Å²) in [6.07, 6.45) is 0. The molecule has 0 radical (unpaired) electrons. The number of amides is 1. The number of hydrogen-bond acceptors (Lipinski definition) is 3. The molecule has 0 atom stereocenters. The summed E-state index contributed by atoms with van der Waals surface area (Å²) in [6, 6.07) is 25.8. The Balaban J connectivity index is 1.86. The van der Waals surface area contributed by atoms with Gasteiger partial charge in [-0.15, -0.1) is 0 Å². The van der Waals surface area contributed by atoms with E-state index in [1.807, 2.05) is 66.4 Å². The first-order chi connectivity index (χ1) is 15.6. The van der Waals surface area contributed by atoms with Crippen LogP contribution in [0.25, 0.3) is 0 Å². The van der Waals surface area contributed by atoms with E-state index < -0.39 is 0 Å². The molecular formula is C28H33NO3. The van der Waals surface area contributed by atoms with Crippen molar-refractivity contribution < 1.29 is 14.3 Å². The smallest absolute Gasteiger partial charge is 0.254 e. The lowest BCUT2D eigenvalue weighted by atomic mass is 10.1. The number of nitrogens with zero attached hydrogens (tertiary/aromatic N) is 1. The molecule has 1 amide bonds. The van der Waals surface area contributed by atoms with Gasteiger partial charge in [0.2, 0.25) is 0 Å². The van der Waals surface area contributed by atoms with Gasteiger partial charge in [-0.3, -0.25) is 4.79 Å². The molecule has 32 heavy (non-hydrogen) atoms. The summed E-state index contributed by atoms with van der Waals surface area (Å²) in [5.41, 5.74) is 3.74. The Morgan fingerprint density at radius 3 is 2.00 bits per heavy atom. The van der Waals surface area contributed by atoms with E-state index in [2.05, 4.69) is 38.1 Å². The minimum atomic E-state index is -0.00846. The Morgan fingerprint density at radius 1 is 0.875 bits per heavy atom. The summed E-state index contributed by atoms with van der Waals surface area (Å²) >= 11 is 0. The fraction of sp³-hybridized carbons (Fsp3) is 0.321. The predicted octanol–water partition coefficient (Wildman–Crippen LogP) is 6.10. The van der Waals surface area contributed by atoms with Crippen molar-refractivity contribution in [3.63, 3.8) is 0 Å². The van der Waals surface area contributed by atoms with Crippen LogP contribution >= 0.6 is 0 Å². The maximum Gasteiger partial charge on any atom is 0.254 e. The van der Waals surface area contributed by atoms with E-state index >= 15 is 0 Å². The van der Waals surface area contributed by atoms with Gasteiger partial charge in [0.15, 0.2) is 0 Å². The highest BCUT2D eigenvalue weighted by Gasteiger charge is 2.19. The zero-order chi connectivity index (χ0) is 22.8. The highest BCUT2D eigenvalue weighted by Crippen LogP contribution is 2.24. The van der Waals surface area contributed by atoms with Gasteiger partial charge < -0.3 is 14.4 Å². The highest BCUT2D eigenvalue weighted by molar-refractivity contribution is 5.94. The lowest BCUT2D eigenvalue weighted by molar-refractivity contribution is 0.0728. The first kappa shape index (κ1) is 23.6. The van der Waals surface area contributed by atoms with E-state index in [0.29, 0.717) is 44.4 Å². The van der Waals surface area contributed by atoms with Gasteiger partial charge in [-0.25, -0.2) is 0 Å². The summed E-state index contributed by atoms with van der Waals surface area (Å²) in [5.74, 6) is 1.21. The lowest BCUT2D eigenvalue weighted by Gasteiger charge is -2.24. The van der Waals surface area contributed by atoms with Crippen LogP contribution in [0.3, 0.4) is 0 Å². The molecule has 0 aliphatic carbocycles. The molecule has 0 unspecified atom stereocenters. The quantitative estimate of drug-likeness (QED) is 0.368. The van der Waals surface area contributed by atoms with Crippen molar-refractivity contribution in [1.29, 1.82) is 0 Å². The molecule has 0 aliphatic rings. The van der Waals surface area contributed by atoms with Gasteiger partial charge >= 0.3 is 0 Å². The minimum Gasteiger partial charge on any atom is -0.494 e. The van der Waals surface area contributed by atoms with E-state index in [9.17, 15) is 4.79 Å². The third kappa shape index (κ3) is 6.96. The normalized spacial score (nSPS) is 10.9. The van der Waals surface area contributed by atoms with Crippen LogP contribution in [-0.4, -0.2) is 24.0 Å². The Kier molecular flexibility index (Phi) is 8.88. The van der Waals surface area contributed by atoms with Crippen molar-refractivity contribution in [2.45, 2.75) is 40.5 Å². The van der Waals surface area contributed by atoms with E-state index in [-0.39, 0.29) is 5.91 Å². The molecule has 3 rings (SSSR count). The molecule has 0 fully saturated rings. The molecule has 3 aromatic rings. The van der Waals surface area contributed by atoms with E-state index in [1.165, 1.54) is 0 Å². The number of carbonyl (C=O) groups excluding carboxylic acids is 1. The zero-order valence-electron chi connectivity index (χ0n) is 19.3. The van der Waals surface area contributed by atoms with Crippen LogP contribution in [-0.2, 0) is 24.4 Å². The topological polar surface area (TPSA) is 38.8 Å². The average molecular weight is 432 g/mol. The van der Waals surface area contributed by atoms with Crippen molar-refractivity contribution >= 4 is 5.91 Å². The van der Waals surface area contributed by atoms with Gasteiger partial charge in [-0.2, -0.15) is 0 Å². The summed E-state index contributed by atoms with van der Waals surface area (Å²) in [5, 5.41) is 0. The van der Waals surface area contributed by atoms with Crippen LogP contribution in [0.15, 0.2) is 78.9 Å². The molecule has 0 aliphatic heterocycles. The van der Waals surface area contributed by atoms with Crippen LogP contribution in [0.2, 0.25) is 0 Å². The SMILES string of the molecule is CCOc1ccc(C(=O)N(Cc2ccccc2)Cc2ccccc2)cc1COCC(C)C. The van der Waals surface area contributed by atoms with Gasteiger partial charge in [-0.1, -0.05) is 74.5 Å². The molecule has 0 heterocycles. The monoisotopic (exact) mass is 431 g/mol. The van der Waals surface area contributed by atoms with Crippen molar-refractivity contribution in [2.24, 2.45) is 5.92 Å². The maximum atomic E-state index is 13.6. The van der Waals surface area contributed by atoms with E-state index in [4.69, 9.17) is 9.47 Å². The number of ether oxygens (including phenoxy) is 2. The molecule has 0 saturated heterocycles. The summed E-state index contributed by atoms with van der Waals surface area (Å²) in [6.45, 7) is 8.94. The molecule has 3 aromatic carbocycles. The lowest BCUT2D eigenvalue weighted by Crippen LogP contribution is -2.30. The van der Waals surface area contributed by atoms with Crippen molar-refractivity contribution in [3.05, 3.63) is 101 Å². The Hall–Kier alpha value is -3.11. The number of rotatable bonds is 11. The molecule has 0 aromatic heterocycles. The summed E-state index contributed by atoms with van der Waals surface area (Å²) < 4.78 is 11.6. The molecule has 0 saturated carbocycles. The third-order valence-electron chi connectivity index (χ3n) is 5.04. The van der Waals surface area contributed by atoms with Crippen LogP contribution in [0.1, 0.15) is 47.8 Å². The van der Waals surface area contributed by atoms with Gasteiger partial charge in [0.1, 0.15) is 5.75 Å². The van der Waals surface area contributed by atoms with Gasteiger partial charge in [-0.05, 0) is 42.2 Å². The van der Waals surface area contributed by atoms with Crippen LogP contribution in [0.5, 0.6) is 5.75 Å². The number of hydrogen-bond donors (Lipinski definition) is 0. The Morgan fingerprint density at radius 2 is 1.47 bits per heavy atom. The van der Waals surface area contributed by atoms with Crippen molar-refractivity contribution in [1.82, 2.24) is 4.90 Å². The molecule has 0 bridgehead atoms. The number of benzene rings is 3. The molecule has 4 nitrogen and oxygen atoms in total. The summed E-state index contributed by atoms with van der Waals surface area (Å²) in [7, 11) is 0. The highest BCUT2D eigenvalue weighted by atomic mass is 16.5. The zero-order valence-corrected chi connectivity index (χ0v) is 19.3. The molecule has 168 valence electrons. The second kappa shape index (κ2) is 12.1. The van der Waals surface area contributed by atoms with Crippen molar-refractivity contribution in [2.75, 3.05) is 13.2 Å². The Bertz CT molecular complexity index is 929. The van der Waals surface area contributed by atoms with Gasteiger partial charge in [0.25, 0.3) is 5.91 Å². The Labute approximate surface area is 191 Å². The summed E-state index contributed by atoms with van der Waals surface area (Å²) in [4.78, 5) is 15.5. The average Bonchev–Trinajstić information content (AvgIpc) is 2.80. The molecule has 4 heteroatoms. The molecule has 0 spiro atoms. The van der Waals surface area contributed by atoms with Gasteiger partial charge in [0, 0.05) is 30.8 Å². The van der Waals surface area contributed by atoms with Crippen molar-refractivity contribution in [3.8, 4) is 5.75 Å². The second-order valence-electron chi connectivity index (χ2n) is 8.30. The second-order valence-corrected chi connectivity index (χ2v) is 8.30. The van der Waals surface area contributed by atoms with E-state index in [1.54, 1.807) is 0 Å². The first-order valence-corrected chi connectivity index (χ1v) is 11.3. The minimum absolute atomic E-state index is 0.00846. The molecular weight excluding hydrogens is 398 g/mol. The first-order valence-electron chi connectivity index (χ1n) is 11.3. The van der Waals surface area contributed by atoms with Gasteiger partial charge in [0.05, 0.1) is 13.2 Å². The van der Waals surface area contributed by atoms with Crippen LogP contribution in [0.4, 0.5) is 0 Å². The predicted molar refractivity (Wildman–Crippen MR) is 129 cm³/mol. The third-order valence-corrected chi connectivity index (χ3v) is 5.04. The number of carbonyl (C=O) groups is 1. The maximum absolute atomic E-state index is 13.6. The van der Waals surface area contributed by atoms with E-state index in [0.717, 1.165) is 22.4 Å². The fourth-order valence-corrected chi connectivity index (χ4v) is 3.52. The van der Waals surface area contributed by atoms with Crippen LogP contribution in [0, 0.1) is 5.92 Å². The molecule has 0 N–H and O–H groups in total. The standard InChI is InChI=1S/C28H33NO3/c1-4-32-27-16-15-25(17-26(27)21-31-20-22(2)3)28(30)29(18-23-11-7-5-8-12-23)19-24-13-9-6-10-14-24/h5-17,22H,4,18-21H2,1-3H3. The largest absolute Gasteiger partial charge is 0.494 e. The fourth-order valence-electron chi connectivity index (χ4n) is 3.52.